The maximum atomic E-state index is 10.3. The van der Waals surface area contributed by atoms with E-state index in [1.165, 1.54) is 5.56 Å². The van der Waals surface area contributed by atoms with Crippen LogP contribution in [0.2, 0.25) is 0 Å². The van der Waals surface area contributed by atoms with Gasteiger partial charge in [0.05, 0.1) is 12.2 Å². The van der Waals surface area contributed by atoms with E-state index in [0.29, 0.717) is 18.9 Å². The van der Waals surface area contributed by atoms with Crippen LogP contribution in [0.4, 0.5) is 0 Å². The van der Waals surface area contributed by atoms with E-state index in [1.807, 2.05) is 25.1 Å². The molecule has 0 aromatic heterocycles. The Bertz CT molecular complexity index is 374. The van der Waals surface area contributed by atoms with Gasteiger partial charge in [0, 0.05) is 6.54 Å². The Morgan fingerprint density at radius 1 is 1.47 bits per heavy atom. The standard InChI is InChI=1S/C14H21NO2/c1-2-14(16,10-15)9-11-7-8-17-13-6-4-3-5-12(11)13/h3-6,11,16H,2,7-10,15H2,1H3. The molecular weight excluding hydrogens is 214 g/mol. The molecule has 3 N–H and O–H groups in total. The molecule has 1 aromatic carbocycles. The zero-order valence-electron chi connectivity index (χ0n) is 10.4. The van der Waals surface area contributed by atoms with Crippen LogP contribution in [0.3, 0.4) is 0 Å². The summed E-state index contributed by atoms with van der Waals surface area (Å²) in [4.78, 5) is 0. The second-order valence-electron chi connectivity index (χ2n) is 4.86. The lowest BCUT2D eigenvalue weighted by Gasteiger charge is -2.33. The first-order valence-electron chi connectivity index (χ1n) is 6.32. The summed E-state index contributed by atoms with van der Waals surface area (Å²) in [6.07, 6.45) is 2.38. The predicted molar refractivity (Wildman–Crippen MR) is 68.2 cm³/mol. The quantitative estimate of drug-likeness (QED) is 0.839. The van der Waals surface area contributed by atoms with E-state index in [4.69, 9.17) is 10.5 Å². The fraction of sp³-hybridized carbons (Fsp3) is 0.571. The van der Waals surface area contributed by atoms with Crippen LogP contribution in [0.15, 0.2) is 24.3 Å². The van der Waals surface area contributed by atoms with Crippen molar-refractivity contribution in [3.05, 3.63) is 29.8 Å². The molecule has 1 aliphatic rings. The molecule has 0 bridgehead atoms. The van der Waals surface area contributed by atoms with Crippen molar-refractivity contribution in [1.29, 1.82) is 0 Å². The average molecular weight is 235 g/mol. The molecule has 1 aliphatic heterocycles. The Balaban J connectivity index is 2.19. The summed E-state index contributed by atoms with van der Waals surface area (Å²) in [7, 11) is 0. The molecule has 0 fully saturated rings. The van der Waals surface area contributed by atoms with Crippen LogP contribution in [0.1, 0.15) is 37.7 Å². The van der Waals surface area contributed by atoms with E-state index in [9.17, 15) is 5.11 Å². The minimum absolute atomic E-state index is 0.322. The van der Waals surface area contributed by atoms with E-state index >= 15 is 0 Å². The van der Waals surface area contributed by atoms with E-state index < -0.39 is 5.60 Å². The normalized spacial score (nSPS) is 22.4. The fourth-order valence-electron chi connectivity index (χ4n) is 2.46. The highest BCUT2D eigenvalue weighted by molar-refractivity contribution is 5.37. The van der Waals surface area contributed by atoms with Crippen LogP contribution in [-0.2, 0) is 0 Å². The van der Waals surface area contributed by atoms with Gasteiger partial charge in [0.1, 0.15) is 5.75 Å². The highest BCUT2D eigenvalue weighted by atomic mass is 16.5. The van der Waals surface area contributed by atoms with Gasteiger partial charge in [-0.05, 0) is 36.8 Å². The summed E-state index contributed by atoms with van der Waals surface area (Å²) in [6, 6.07) is 8.09. The van der Waals surface area contributed by atoms with E-state index in [1.54, 1.807) is 0 Å². The minimum Gasteiger partial charge on any atom is -0.493 e. The fourth-order valence-corrected chi connectivity index (χ4v) is 2.46. The zero-order chi connectivity index (χ0) is 12.3. The number of rotatable bonds is 4. The average Bonchev–Trinajstić information content (AvgIpc) is 2.39. The van der Waals surface area contributed by atoms with Crippen molar-refractivity contribution < 1.29 is 9.84 Å². The minimum atomic E-state index is -0.741. The summed E-state index contributed by atoms with van der Waals surface area (Å²) in [5, 5.41) is 10.3. The van der Waals surface area contributed by atoms with E-state index in [2.05, 4.69) is 6.07 Å². The van der Waals surface area contributed by atoms with Crippen molar-refractivity contribution in [1.82, 2.24) is 0 Å². The molecule has 3 nitrogen and oxygen atoms in total. The number of nitrogens with two attached hydrogens (primary N) is 1. The number of aliphatic hydroxyl groups is 1. The first-order valence-corrected chi connectivity index (χ1v) is 6.32. The molecule has 1 heterocycles. The van der Waals surface area contributed by atoms with E-state index in [0.717, 1.165) is 25.2 Å². The summed E-state index contributed by atoms with van der Waals surface area (Å²) in [6.45, 7) is 3.03. The third-order valence-corrected chi connectivity index (χ3v) is 3.75. The molecule has 2 atom stereocenters. The summed E-state index contributed by atoms with van der Waals surface area (Å²) < 4.78 is 5.62. The van der Waals surface area contributed by atoms with Gasteiger partial charge in [0.15, 0.2) is 0 Å². The van der Waals surface area contributed by atoms with Crippen LogP contribution >= 0.6 is 0 Å². The molecule has 17 heavy (non-hydrogen) atoms. The third-order valence-electron chi connectivity index (χ3n) is 3.75. The first kappa shape index (κ1) is 12.4. The first-order chi connectivity index (χ1) is 8.18. The Morgan fingerprint density at radius 2 is 2.24 bits per heavy atom. The van der Waals surface area contributed by atoms with Crippen molar-refractivity contribution in [3.8, 4) is 5.75 Å². The van der Waals surface area contributed by atoms with E-state index in [-0.39, 0.29) is 0 Å². The number of ether oxygens (including phenoxy) is 1. The van der Waals surface area contributed by atoms with Crippen LogP contribution in [0.5, 0.6) is 5.75 Å². The van der Waals surface area contributed by atoms with Gasteiger partial charge in [0.25, 0.3) is 0 Å². The van der Waals surface area contributed by atoms with Crippen molar-refractivity contribution in [2.24, 2.45) is 5.73 Å². The van der Waals surface area contributed by atoms with Crippen molar-refractivity contribution in [3.63, 3.8) is 0 Å². The third kappa shape index (κ3) is 2.61. The molecule has 0 radical (unpaired) electrons. The second-order valence-corrected chi connectivity index (χ2v) is 4.86. The molecule has 2 rings (SSSR count). The van der Waals surface area contributed by atoms with Gasteiger partial charge in [-0.1, -0.05) is 25.1 Å². The van der Waals surface area contributed by atoms with Gasteiger partial charge in [-0.15, -0.1) is 0 Å². The number of benzene rings is 1. The number of hydrogen-bond acceptors (Lipinski definition) is 3. The van der Waals surface area contributed by atoms with Gasteiger partial charge in [-0.25, -0.2) is 0 Å². The Labute approximate surface area is 103 Å². The molecule has 0 saturated heterocycles. The summed E-state index contributed by atoms with van der Waals surface area (Å²) in [5.41, 5.74) is 6.14. The monoisotopic (exact) mass is 235 g/mol. The van der Waals surface area contributed by atoms with Gasteiger partial charge in [-0.3, -0.25) is 0 Å². The topological polar surface area (TPSA) is 55.5 Å². The van der Waals surface area contributed by atoms with Crippen LogP contribution in [0, 0.1) is 0 Å². The molecule has 0 saturated carbocycles. The van der Waals surface area contributed by atoms with Gasteiger partial charge < -0.3 is 15.6 Å². The van der Waals surface area contributed by atoms with Gasteiger partial charge >= 0.3 is 0 Å². The van der Waals surface area contributed by atoms with Crippen molar-refractivity contribution >= 4 is 0 Å². The molecular formula is C14H21NO2. The maximum Gasteiger partial charge on any atom is 0.122 e. The largest absolute Gasteiger partial charge is 0.493 e. The van der Waals surface area contributed by atoms with Crippen LogP contribution in [0.25, 0.3) is 0 Å². The van der Waals surface area contributed by atoms with Crippen molar-refractivity contribution in [2.45, 2.75) is 37.7 Å². The lowest BCUT2D eigenvalue weighted by Crippen LogP contribution is -2.39. The zero-order valence-corrected chi connectivity index (χ0v) is 10.4. The SMILES string of the molecule is CCC(O)(CN)CC1CCOc2ccccc21. The number of hydrogen-bond donors (Lipinski definition) is 2. The summed E-state index contributed by atoms with van der Waals surface area (Å²) >= 11 is 0. The van der Waals surface area contributed by atoms with Crippen LogP contribution in [-0.4, -0.2) is 23.9 Å². The predicted octanol–water partition coefficient (Wildman–Crippen LogP) is 2.04. The Kier molecular flexibility index (Phi) is 3.69. The molecule has 3 heteroatoms. The highest BCUT2D eigenvalue weighted by Crippen LogP contribution is 2.38. The second kappa shape index (κ2) is 5.07. The van der Waals surface area contributed by atoms with Gasteiger partial charge in [-0.2, -0.15) is 0 Å². The Hall–Kier alpha value is -1.06. The number of para-hydroxylation sites is 1. The van der Waals surface area contributed by atoms with Crippen LogP contribution < -0.4 is 10.5 Å². The number of fused-ring (bicyclic) bond motifs is 1. The lowest BCUT2D eigenvalue weighted by molar-refractivity contribution is 0.0251. The molecule has 2 unspecified atom stereocenters. The molecule has 0 spiro atoms. The highest BCUT2D eigenvalue weighted by Gasteiger charge is 2.31. The lowest BCUT2D eigenvalue weighted by atomic mass is 9.81. The molecule has 0 aliphatic carbocycles. The van der Waals surface area contributed by atoms with Gasteiger partial charge in [0.2, 0.25) is 0 Å². The molecule has 94 valence electrons. The summed E-state index contributed by atoms with van der Waals surface area (Å²) in [5.74, 6) is 1.31. The molecule has 0 amide bonds. The Morgan fingerprint density at radius 3 is 2.94 bits per heavy atom. The molecule has 1 aromatic rings. The smallest absolute Gasteiger partial charge is 0.122 e. The maximum absolute atomic E-state index is 10.3. The van der Waals surface area contributed by atoms with Crippen molar-refractivity contribution in [2.75, 3.05) is 13.2 Å².